The van der Waals surface area contributed by atoms with Crippen molar-refractivity contribution in [2.45, 2.75) is 0 Å². The minimum absolute atomic E-state index is 0.222. The summed E-state index contributed by atoms with van der Waals surface area (Å²) in [5.74, 6) is 0.222. The molecule has 1 unspecified atom stereocenters. The van der Waals surface area contributed by atoms with Gasteiger partial charge in [-0.15, -0.1) is 9.24 Å². The lowest BCUT2D eigenvalue weighted by Crippen LogP contribution is -1.92. The van der Waals surface area contributed by atoms with E-state index in [0.717, 1.165) is 5.30 Å². The van der Waals surface area contributed by atoms with Crippen LogP contribution in [0.25, 0.3) is 0 Å². The highest BCUT2D eigenvalue weighted by Gasteiger charge is 1.92. The number of nitrogens with two attached hydrogens (primary N) is 1. The molecule has 0 spiro atoms. The second-order valence-corrected chi connectivity index (χ2v) is 2.44. The van der Waals surface area contributed by atoms with Gasteiger partial charge < -0.3 is 10.8 Å². The molecule has 9 heavy (non-hydrogen) atoms. The minimum Gasteiger partial charge on any atom is -0.507 e. The zero-order chi connectivity index (χ0) is 6.85. The van der Waals surface area contributed by atoms with E-state index in [0.29, 0.717) is 5.69 Å². The fraction of sp³-hybridized carbons (Fsp3) is 0. The SMILES string of the molecule is Nc1ccc(P)c(O)c1. The molecule has 0 radical (unpaired) electrons. The van der Waals surface area contributed by atoms with E-state index in [1.165, 1.54) is 6.07 Å². The number of nitrogen functional groups attached to an aromatic ring is 1. The predicted molar refractivity (Wildman–Crippen MR) is 41.9 cm³/mol. The molecule has 0 bridgehead atoms. The van der Waals surface area contributed by atoms with Crippen LogP contribution in [0.15, 0.2) is 18.2 Å². The molecule has 1 atom stereocenters. The first-order valence-electron chi connectivity index (χ1n) is 2.54. The molecule has 0 amide bonds. The summed E-state index contributed by atoms with van der Waals surface area (Å²) in [5.41, 5.74) is 5.94. The molecule has 0 fully saturated rings. The Hall–Kier alpha value is -0.750. The van der Waals surface area contributed by atoms with Crippen molar-refractivity contribution in [3.05, 3.63) is 18.2 Å². The smallest absolute Gasteiger partial charge is 0.124 e. The third-order valence-corrected chi connectivity index (χ3v) is 1.54. The Bertz CT molecular complexity index is 224. The Labute approximate surface area is 55.9 Å². The lowest BCUT2D eigenvalue weighted by atomic mass is 10.3. The Morgan fingerprint density at radius 1 is 1.44 bits per heavy atom. The summed E-state index contributed by atoms with van der Waals surface area (Å²) in [5, 5.41) is 9.77. The van der Waals surface area contributed by atoms with Crippen molar-refractivity contribution in [2.75, 3.05) is 5.73 Å². The monoisotopic (exact) mass is 141 g/mol. The van der Waals surface area contributed by atoms with Crippen LogP contribution in [-0.2, 0) is 0 Å². The maximum atomic E-state index is 9.00. The van der Waals surface area contributed by atoms with Gasteiger partial charge in [0.2, 0.25) is 0 Å². The number of hydrogen-bond acceptors (Lipinski definition) is 2. The molecule has 1 aromatic rings. The maximum Gasteiger partial charge on any atom is 0.124 e. The third-order valence-electron chi connectivity index (χ3n) is 1.05. The number of anilines is 1. The zero-order valence-corrected chi connectivity index (χ0v) is 5.99. The van der Waals surface area contributed by atoms with Crippen molar-refractivity contribution < 1.29 is 5.11 Å². The predicted octanol–water partition coefficient (Wildman–Crippen LogP) is 0.475. The van der Waals surface area contributed by atoms with Crippen molar-refractivity contribution in [3.8, 4) is 5.75 Å². The van der Waals surface area contributed by atoms with Crippen molar-refractivity contribution in [3.63, 3.8) is 0 Å². The van der Waals surface area contributed by atoms with E-state index in [-0.39, 0.29) is 5.75 Å². The van der Waals surface area contributed by atoms with Crippen LogP contribution in [0.3, 0.4) is 0 Å². The number of phenols is 1. The van der Waals surface area contributed by atoms with Crippen molar-refractivity contribution in [1.82, 2.24) is 0 Å². The number of benzene rings is 1. The van der Waals surface area contributed by atoms with E-state index in [1.807, 2.05) is 0 Å². The average Bonchev–Trinajstić information content (AvgIpc) is 1.80. The summed E-state index contributed by atoms with van der Waals surface area (Å²) in [6.07, 6.45) is 0. The Morgan fingerprint density at radius 2 is 2.11 bits per heavy atom. The summed E-state index contributed by atoms with van der Waals surface area (Å²) in [4.78, 5) is 0. The molecule has 0 aliphatic rings. The van der Waals surface area contributed by atoms with Crippen LogP contribution in [0.2, 0.25) is 0 Å². The lowest BCUT2D eigenvalue weighted by molar-refractivity contribution is 0.480. The maximum absolute atomic E-state index is 9.00. The Balaban J connectivity index is 3.17. The van der Waals surface area contributed by atoms with E-state index < -0.39 is 0 Å². The van der Waals surface area contributed by atoms with Gasteiger partial charge in [0.25, 0.3) is 0 Å². The van der Waals surface area contributed by atoms with E-state index in [4.69, 9.17) is 10.8 Å². The van der Waals surface area contributed by atoms with E-state index in [1.54, 1.807) is 12.1 Å². The molecule has 0 aromatic heterocycles. The van der Waals surface area contributed by atoms with Crippen molar-refractivity contribution in [1.29, 1.82) is 0 Å². The molecule has 1 rings (SSSR count). The first-order chi connectivity index (χ1) is 4.20. The highest BCUT2D eigenvalue weighted by atomic mass is 31.0. The van der Waals surface area contributed by atoms with Crippen molar-refractivity contribution >= 4 is 20.2 Å². The van der Waals surface area contributed by atoms with Crippen LogP contribution in [0.4, 0.5) is 5.69 Å². The highest BCUT2D eigenvalue weighted by Crippen LogP contribution is 2.12. The Morgan fingerprint density at radius 3 is 2.56 bits per heavy atom. The van der Waals surface area contributed by atoms with Gasteiger partial charge >= 0.3 is 0 Å². The van der Waals surface area contributed by atoms with Crippen LogP contribution in [-0.4, -0.2) is 5.11 Å². The largest absolute Gasteiger partial charge is 0.507 e. The molecule has 48 valence electrons. The molecule has 0 aliphatic carbocycles. The normalized spacial score (nSPS) is 9.44. The van der Waals surface area contributed by atoms with Gasteiger partial charge in [-0.1, -0.05) is 0 Å². The van der Waals surface area contributed by atoms with Crippen LogP contribution in [0.5, 0.6) is 5.75 Å². The summed E-state index contributed by atoms with van der Waals surface area (Å²) >= 11 is 0. The van der Waals surface area contributed by atoms with Gasteiger partial charge in [0, 0.05) is 17.1 Å². The fourth-order valence-corrected chi connectivity index (χ4v) is 0.740. The van der Waals surface area contributed by atoms with Crippen LogP contribution < -0.4 is 11.0 Å². The molecule has 3 heteroatoms. The molecule has 0 heterocycles. The van der Waals surface area contributed by atoms with Gasteiger partial charge in [0.15, 0.2) is 0 Å². The van der Waals surface area contributed by atoms with Crippen LogP contribution >= 0.6 is 9.24 Å². The number of rotatable bonds is 0. The number of aromatic hydroxyl groups is 1. The Kier molecular flexibility index (Phi) is 1.58. The standard InChI is InChI=1S/C6H8NOP/c7-4-1-2-6(9)5(8)3-4/h1-3,8H,7,9H2. The molecule has 0 aliphatic heterocycles. The number of hydrogen-bond donors (Lipinski definition) is 2. The molecular weight excluding hydrogens is 133 g/mol. The van der Waals surface area contributed by atoms with E-state index >= 15 is 0 Å². The van der Waals surface area contributed by atoms with Gasteiger partial charge in [-0.2, -0.15) is 0 Å². The average molecular weight is 141 g/mol. The van der Waals surface area contributed by atoms with Crippen molar-refractivity contribution in [2.24, 2.45) is 0 Å². The first-order valence-corrected chi connectivity index (χ1v) is 3.12. The summed E-state index contributed by atoms with van der Waals surface area (Å²) in [6.45, 7) is 0. The summed E-state index contributed by atoms with van der Waals surface area (Å²) < 4.78 is 0. The second kappa shape index (κ2) is 2.24. The van der Waals surface area contributed by atoms with E-state index in [2.05, 4.69) is 9.24 Å². The van der Waals surface area contributed by atoms with Crippen LogP contribution in [0.1, 0.15) is 0 Å². The van der Waals surface area contributed by atoms with E-state index in [9.17, 15) is 0 Å². The van der Waals surface area contributed by atoms with Gasteiger partial charge in [-0.25, -0.2) is 0 Å². The molecule has 1 aromatic carbocycles. The number of phenolic OH excluding ortho intramolecular Hbond substituents is 1. The first kappa shape index (κ1) is 6.37. The fourth-order valence-electron chi connectivity index (χ4n) is 0.561. The quantitative estimate of drug-likeness (QED) is 0.407. The summed E-state index contributed by atoms with van der Waals surface area (Å²) in [7, 11) is 2.40. The molecule has 0 saturated carbocycles. The van der Waals surface area contributed by atoms with Crippen LogP contribution in [0, 0.1) is 0 Å². The van der Waals surface area contributed by atoms with Gasteiger partial charge in [0.05, 0.1) is 0 Å². The summed E-state index contributed by atoms with van der Waals surface area (Å²) in [6, 6.07) is 5.00. The zero-order valence-electron chi connectivity index (χ0n) is 4.83. The molecular formula is C6H8NOP. The third kappa shape index (κ3) is 1.33. The topological polar surface area (TPSA) is 46.2 Å². The minimum atomic E-state index is 0.222. The van der Waals surface area contributed by atoms with Gasteiger partial charge in [0.1, 0.15) is 5.75 Å². The van der Waals surface area contributed by atoms with Gasteiger partial charge in [-0.05, 0) is 12.1 Å². The molecule has 2 nitrogen and oxygen atoms in total. The molecule has 3 N–H and O–H groups in total. The second-order valence-electron chi connectivity index (χ2n) is 1.82. The molecule has 0 saturated heterocycles. The highest BCUT2D eigenvalue weighted by molar-refractivity contribution is 7.27. The lowest BCUT2D eigenvalue weighted by Gasteiger charge is -1.96. The van der Waals surface area contributed by atoms with Gasteiger partial charge in [-0.3, -0.25) is 0 Å².